The van der Waals surface area contributed by atoms with E-state index in [4.69, 9.17) is 15.9 Å². The second-order valence-corrected chi connectivity index (χ2v) is 7.73. The largest absolute Gasteiger partial charge is 0.399 e. The molecule has 0 aliphatic rings. The number of rotatable bonds is 8. The zero-order valence-corrected chi connectivity index (χ0v) is 12.9. The van der Waals surface area contributed by atoms with Gasteiger partial charge in [0.2, 0.25) is 10.0 Å². The van der Waals surface area contributed by atoms with Gasteiger partial charge < -0.3 is 15.9 Å². The molecular weight excluding hydrogens is 300 g/mol. The highest BCUT2D eigenvalue weighted by molar-refractivity contribution is 8.00. The minimum absolute atomic E-state index is 0.0996. The first-order valence-corrected chi connectivity index (χ1v) is 8.66. The Bertz CT molecular complexity index is 513. The summed E-state index contributed by atoms with van der Waals surface area (Å²) in [6.07, 6.45) is 0. The van der Waals surface area contributed by atoms with Crippen LogP contribution in [0.5, 0.6) is 0 Å². The number of anilines is 1. The Morgan fingerprint density at radius 1 is 1.25 bits per heavy atom. The number of thioether (sulfide) groups is 1. The van der Waals surface area contributed by atoms with Crippen molar-refractivity contribution in [3.63, 3.8) is 0 Å². The molecule has 8 heteroatoms. The van der Waals surface area contributed by atoms with Crippen molar-refractivity contribution >= 4 is 27.5 Å². The van der Waals surface area contributed by atoms with Gasteiger partial charge in [0, 0.05) is 16.3 Å². The summed E-state index contributed by atoms with van der Waals surface area (Å²) < 4.78 is 26.0. The molecule has 0 amide bonds. The lowest BCUT2D eigenvalue weighted by atomic mass is 10.1. The van der Waals surface area contributed by atoms with Crippen LogP contribution in [-0.4, -0.2) is 48.9 Å². The fraction of sp³-hybridized carbons (Fsp3) is 0.500. The number of sulfonamides is 1. The van der Waals surface area contributed by atoms with Gasteiger partial charge in [-0.25, -0.2) is 13.1 Å². The first kappa shape index (κ1) is 17.3. The van der Waals surface area contributed by atoms with Gasteiger partial charge in [-0.2, -0.15) is 0 Å². The van der Waals surface area contributed by atoms with Crippen LogP contribution >= 0.6 is 11.8 Å². The Balaban J connectivity index is 2.49. The Labute approximate surface area is 123 Å². The lowest BCUT2D eigenvalue weighted by molar-refractivity contribution is 0.122. The van der Waals surface area contributed by atoms with Gasteiger partial charge in [-0.1, -0.05) is 0 Å². The minimum Gasteiger partial charge on any atom is -0.399 e. The molecule has 1 aromatic rings. The summed E-state index contributed by atoms with van der Waals surface area (Å²) >= 11 is 1.40. The van der Waals surface area contributed by atoms with Crippen LogP contribution in [-0.2, 0) is 10.0 Å². The Hall–Kier alpha value is -0.800. The van der Waals surface area contributed by atoms with Gasteiger partial charge in [0.25, 0.3) is 0 Å². The zero-order chi connectivity index (χ0) is 15.2. The molecule has 0 fully saturated rings. The van der Waals surface area contributed by atoms with E-state index in [9.17, 15) is 8.42 Å². The highest BCUT2D eigenvalue weighted by atomic mass is 32.2. The molecule has 20 heavy (non-hydrogen) atoms. The average Bonchev–Trinajstić information content (AvgIpc) is 2.40. The molecule has 114 valence electrons. The van der Waals surface area contributed by atoms with Crippen molar-refractivity contribution in [2.45, 2.75) is 17.4 Å². The molecule has 0 aliphatic heterocycles. The second-order valence-electron chi connectivity index (χ2n) is 4.72. The monoisotopic (exact) mass is 320 g/mol. The molecule has 0 saturated heterocycles. The third-order valence-electron chi connectivity index (χ3n) is 2.60. The summed E-state index contributed by atoms with van der Waals surface area (Å²) in [5.41, 5.74) is 4.99. The molecule has 0 bridgehead atoms. The Kier molecular flexibility index (Phi) is 6.28. The van der Waals surface area contributed by atoms with Crippen LogP contribution in [0.25, 0.3) is 0 Å². The van der Waals surface area contributed by atoms with E-state index < -0.39 is 28.8 Å². The number of hydrogen-bond acceptors (Lipinski definition) is 6. The Morgan fingerprint density at radius 2 is 1.80 bits per heavy atom. The number of aliphatic hydroxyl groups excluding tert-OH is 2. The number of nitrogens with two attached hydrogens (primary N) is 1. The smallest absolute Gasteiger partial charge is 0.213 e. The molecule has 1 aromatic carbocycles. The molecule has 0 atom stereocenters. The number of benzene rings is 1. The third kappa shape index (κ3) is 5.68. The van der Waals surface area contributed by atoms with E-state index in [0.29, 0.717) is 11.4 Å². The van der Waals surface area contributed by atoms with E-state index in [1.807, 2.05) is 12.1 Å². The number of hydrogen-bond donors (Lipinski definition) is 4. The van der Waals surface area contributed by atoms with Crippen LogP contribution in [0.1, 0.15) is 6.92 Å². The number of aliphatic hydroxyl groups is 2. The van der Waals surface area contributed by atoms with Gasteiger partial charge in [0.05, 0.1) is 24.5 Å². The quantitative estimate of drug-likeness (QED) is 0.397. The molecule has 1 rings (SSSR count). The predicted octanol–water partition coefficient (Wildman–Crippen LogP) is 0.0236. The van der Waals surface area contributed by atoms with Crippen molar-refractivity contribution in [2.75, 3.05) is 30.5 Å². The molecule has 0 saturated carbocycles. The SMILES string of the molecule is CC(CO)(CO)NS(=O)(=O)CCSc1ccc(N)cc1. The average molecular weight is 320 g/mol. The van der Waals surface area contributed by atoms with Gasteiger partial charge >= 0.3 is 0 Å². The third-order valence-corrected chi connectivity index (χ3v) is 5.42. The summed E-state index contributed by atoms with van der Waals surface area (Å²) in [5.74, 6) is 0.268. The van der Waals surface area contributed by atoms with Crippen molar-refractivity contribution in [2.24, 2.45) is 0 Å². The predicted molar refractivity (Wildman–Crippen MR) is 81.1 cm³/mol. The zero-order valence-electron chi connectivity index (χ0n) is 11.2. The molecule has 0 radical (unpaired) electrons. The summed E-state index contributed by atoms with van der Waals surface area (Å²) in [6, 6.07) is 7.16. The summed E-state index contributed by atoms with van der Waals surface area (Å²) in [6.45, 7) is 0.513. The molecule has 0 heterocycles. The lowest BCUT2D eigenvalue weighted by Gasteiger charge is -2.25. The molecule has 0 aliphatic carbocycles. The highest BCUT2D eigenvalue weighted by Crippen LogP contribution is 2.19. The van der Waals surface area contributed by atoms with Gasteiger partial charge in [-0.15, -0.1) is 11.8 Å². The lowest BCUT2D eigenvalue weighted by Crippen LogP contribution is -2.52. The fourth-order valence-corrected chi connectivity index (χ4v) is 4.13. The van der Waals surface area contributed by atoms with E-state index >= 15 is 0 Å². The highest BCUT2D eigenvalue weighted by Gasteiger charge is 2.28. The summed E-state index contributed by atoms with van der Waals surface area (Å²) in [4.78, 5) is 0.932. The standard InChI is InChI=1S/C12H20N2O4S2/c1-12(8-15,9-16)14-20(17,18)7-6-19-11-4-2-10(13)3-5-11/h2-5,14-16H,6-9,13H2,1H3. The molecule has 0 spiro atoms. The number of nitrogens with one attached hydrogen (secondary N) is 1. The molecular formula is C12H20N2O4S2. The van der Waals surface area contributed by atoms with Crippen LogP contribution in [0.2, 0.25) is 0 Å². The van der Waals surface area contributed by atoms with Crippen LogP contribution < -0.4 is 10.5 Å². The van der Waals surface area contributed by atoms with Crippen molar-refractivity contribution < 1.29 is 18.6 Å². The van der Waals surface area contributed by atoms with E-state index in [-0.39, 0.29) is 5.75 Å². The van der Waals surface area contributed by atoms with Crippen LogP contribution in [0, 0.1) is 0 Å². The maximum absolute atomic E-state index is 11.8. The molecule has 6 nitrogen and oxygen atoms in total. The van der Waals surface area contributed by atoms with E-state index in [1.165, 1.54) is 18.7 Å². The van der Waals surface area contributed by atoms with E-state index in [2.05, 4.69) is 4.72 Å². The normalized spacial score (nSPS) is 12.6. The van der Waals surface area contributed by atoms with Crippen molar-refractivity contribution in [3.8, 4) is 0 Å². The topological polar surface area (TPSA) is 113 Å². The van der Waals surface area contributed by atoms with Crippen molar-refractivity contribution in [1.29, 1.82) is 0 Å². The van der Waals surface area contributed by atoms with Crippen LogP contribution in [0.15, 0.2) is 29.2 Å². The Morgan fingerprint density at radius 3 is 2.30 bits per heavy atom. The van der Waals surface area contributed by atoms with Crippen molar-refractivity contribution in [3.05, 3.63) is 24.3 Å². The minimum atomic E-state index is -3.56. The summed E-state index contributed by atoms with van der Waals surface area (Å²) in [7, 11) is -3.56. The van der Waals surface area contributed by atoms with Crippen LogP contribution in [0.3, 0.4) is 0 Å². The van der Waals surface area contributed by atoms with Gasteiger partial charge in [0.15, 0.2) is 0 Å². The summed E-state index contributed by atoms with van der Waals surface area (Å²) in [5, 5.41) is 18.1. The van der Waals surface area contributed by atoms with Crippen molar-refractivity contribution in [1.82, 2.24) is 4.72 Å². The molecule has 0 aromatic heterocycles. The first-order chi connectivity index (χ1) is 9.30. The molecule has 5 N–H and O–H groups in total. The van der Waals surface area contributed by atoms with Gasteiger partial charge in [-0.05, 0) is 31.2 Å². The maximum Gasteiger partial charge on any atom is 0.213 e. The van der Waals surface area contributed by atoms with Crippen LogP contribution in [0.4, 0.5) is 5.69 Å². The van der Waals surface area contributed by atoms with Gasteiger partial charge in [0.1, 0.15) is 0 Å². The maximum atomic E-state index is 11.8. The number of nitrogen functional groups attached to an aromatic ring is 1. The first-order valence-electron chi connectivity index (χ1n) is 6.02. The fourth-order valence-electron chi connectivity index (χ4n) is 1.37. The molecule has 0 unspecified atom stereocenters. The second kappa shape index (κ2) is 7.28. The van der Waals surface area contributed by atoms with E-state index in [1.54, 1.807) is 12.1 Å². The van der Waals surface area contributed by atoms with E-state index in [0.717, 1.165) is 4.90 Å². The van der Waals surface area contributed by atoms with Gasteiger partial charge in [-0.3, -0.25) is 0 Å².